The number of aromatic nitrogens is 2. The first-order chi connectivity index (χ1) is 7.07. The molecular formula is C13H16N2. The first-order valence-corrected chi connectivity index (χ1v) is 5.17. The van der Waals surface area contributed by atoms with Crippen molar-refractivity contribution in [2.75, 3.05) is 0 Å². The topological polar surface area (TPSA) is 28.7 Å². The van der Waals surface area contributed by atoms with Gasteiger partial charge in [-0.3, -0.25) is 5.10 Å². The van der Waals surface area contributed by atoms with Gasteiger partial charge in [0.15, 0.2) is 0 Å². The molecule has 2 rings (SSSR count). The van der Waals surface area contributed by atoms with Crippen LogP contribution in [0.5, 0.6) is 0 Å². The molecule has 78 valence electrons. The normalized spacial score (nSPS) is 11.7. The molecule has 0 saturated carbocycles. The summed E-state index contributed by atoms with van der Waals surface area (Å²) in [5.74, 6) is 0. The van der Waals surface area contributed by atoms with Crippen molar-refractivity contribution in [1.82, 2.24) is 10.2 Å². The van der Waals surface area contributed by atoms with Gasteiger partial charge in [0.2, 0.25) is 0 Å². The Morgan fingerprint density at radius 3 is 2.53 bits per heavy atom. The lowest BCUT2D eigenvalue weighted by atomic mass is 9.86. The summed E-state index contributed by atoms with van der Waals surface area (Å²) in [6, 6.07) is 8.61. The second kappa shape index (κ2) is 3.54. The van der Waals surface area contributed by atoms with Crippen LogP contribution in [0, 0.1) is 0 Å². The van der Waals surface area contributed by atoms with Gasteiger partial charge < -0.3 is 0 Å². The van der Waals surface area contributed by atoms with Crippen molar-refractivity contribution in [3.05, 3.63) is 42.2 Å². The van der Waals surface area contributed by atoms with E-state index in [0.717, 1.165) is 5.56 Å². The lowest BCUT2D eigenvalue weighted by Crippen LogP contribution is -2.10. The standard InChI is InChI=1S/C13H16N2/c1-13(2,3)12-6-4-5-10(7-12)11-8-14-15-9-11/h4-9H,1-3H3,(H,14,15). The number of aromatic amines is 1. The maximum atomic E-state index is 3.97. The fourth-order valence-corrected chi connectivity index (χ4v) is 1.57. The molecule has 0 aliphatic carbocycles. The van der Waals surface area contributed by atoms with Crippen LogP contribution in [-0.2, 0) is 5.41 Å². The number of benzene rings is 1. The van der Waals surface area contributed by atoms with E-state index in [9.17, 15) is 0 Å². The maximum absolute atomic E-state index is 3.97. The van der Waals surface area contributed by atoms with Crippen LogP contribution in [0.25, 0.3) is 11.1 Å². The summed E-state index contributed by atoms with van der Waals surface area (Å²) in [7, 11) is 0. The van der Waals surface area contributed by atoms with Gasteiger partial charge in [0.05, 0.1) is 6.20 Å². The second-order valence-corrected chi connectivity index (χ2v) is 4.82. The third-order valence-electron chi connectivity index (χ3n) is 2.56. The summed E-state index contributed by atoms with van der Waals surface area (Å²) in [6.07, 6.45) is 3.77. The molecule has 0 fully saturated rings. The molecule has 2 nitrogen and oxygen atoms in total. The lowest BCUT2D eigenvalue weighted by molar-refractivity contribution is 0.590. The van der Waals surface area contributed by atoms with Crippen molar-refractivity contribution >= 4 is 0 Å². The summed E-state index contributed by atoms with van der Waals surface area (Å²) in [5.41, 5.74) is 3.90. The molecule has 0 spiro atoms. The minimum absolute atomic E-state index is 0.194. The zero-order valence-electron chi connectivity index (χ0n) is 9.41. The molecule has 2 heteroatoms. The van der Waals surface area contributed by atoms with Gasteiger partial charge in [-0.25, -0.2) is 0 Å². The van der Waals surface area contributed by atoms with E-state index < -0.39 is 0 Å². The SMILES string of the molecule is CC(C)(C)c1cccc(-c2cn[nH]c2)c1. The van der Waals surface area contributed by atoms with Crippen molar-refractivity contribution in [2.45, 2.75) is 26.2 Å². The molecule has 2 aromatic rings. The van der Waals surface area contributed by atoms with Gasteiger partial charge in [0.25, 0.3) is 0 Å². The molecule has 0 saturated heterocycles. The van der Waals surface area contributed by atoms with E-state index in [4.69, 9.17) is 0 Å². The van der Waals surface area contributed by atoms with E-state index >= 15 is 0 Å². The van der Waals surface area contributed by atoms with E-state index in [1.165, 1.54) is 11.1 Å². The monoisotopic (exact) mass is 200 g/mol. The van der Waals surface area contributed by atoms with Gasteiger partial charge in [-0.15, -0.1) is 0 Å². The molecule has 0 radical (unpaired) electrons. The summed E-state index contributed by atoms with van der Waals surface area (Å²) >= 11 is 0. The first-order valence-electron chi connectivity index (χ1n) is 5.17. The quantitative estimate of drug-likeness (QED) is 0.751. The largest absolute Gasteiger partial charge is 0.285 e. The molecule has 0 bridgehead atoms. The molecule has 1 heterocycles. The van der Waals surface area contributed by atoms with Gasteiger partial charge in [-0.05, 0) is 16.5 Å². The molecule has 0 amide bonds. The van der Waals surface area contributed by atoms with E-state index in [1.54, 1.807) is 0 Å². The van der Waals surface area contributed by atoms with Crippen LogP contribution >= 0.6 is 0 Å². The third-order valence-corrected chi connectivity index (χ3v) is 2.56. The van der Waals surface area contributed by atoms with Gasteiger partial charge in [-0.1, -0.05) is 45.0 Å². The number of nitrogens with one attached hydrogen (secondary N) is 1. The first kappa shape index (κ1) is 9.97. The molecule has 1 aromatic heterocycles. The lowest BCUT2D eigenvalue weighted by Gasteiger charge is -2.19. The molecule has 1 N–H and O–H groups in total. The zero-order valence-corrected chi connectivity index (χ0v) is 9.41. The Labute approximate surface area is 90.3 Å². The molecule has 1 aromatic carbocycles. The summed E-state index contributed by atoms with van der Waals surface area (Å²) < 4.78 is 0. The Morgan fingerprint density at radius 1 is 1.13 bits per heavy atom. The maximum Gasteiger partial charge on any atom is 0.0565 e. The van der Waals surface area contributed by atoms with E-state index in [-0.39, 0.29) is 5.41 Å². The van der Waals surface area contributed by atoms with Gasteiger partial charge in [0, 0.05) is 11.8 Å². The van der Waals surface area contributed by atoms with Crippen molar-refractivity contribution in [3.63, 3.8) is 0 Å². The number of rotatable bonds is 1. The fourth-order valence-electron chi connectivity index (χ4n) is 1.57. The van der Waals surface area contributed by atoms with Crippen molar-refractivity contribution in [2.24, 2.45) is 0 Å². The van der Waals surface area contributed by atoms with Crippen molar-refractivity contribution in [3.8, 4) is 11.1 Å². The molecule has 0 aliphatic rings. The molecule has 0 aliphatic heterocycles. The van der Waals surface area contributed by atoms with Crippen LogP contribution in [-0.4, -0.2) is 10.2 Å². The number of H-pyrrole nitrogens is 1. The highest BCUT2D eigenvalue weighted by atomic mass is 15.1. The van der Waals surface area contributed by atoms with Crippen LogP contribution in [0.1, 0.15) is 26.3 Å². The third kappa shape index (κ3) is 2.09. The highest BCUT2D eigenvalue weighted by Crippen LogP contribution is 2.26. The highest BCUT2D eigenvalue weighted by Gasteiger charge is 2.13. The molecule has 0 unspecified atom stereocenters. The van der Waals surface area contributed by atoms with E-state index in [1.807, 2.05) is 12.4 Å². The Kier molecular flexibility index (Phi) is 2.35. The average molecular weight is 200 g/mol. The average Bonchev–Trinajstić information content (AvgIpc) is 2.69. The van der Waals surface area contributed by atoms with Crippen LogP contribution in [0.2, 0.25) is 0 Å². The molecule has 15 heavy (non-hydrogen) atoms. The van der Waals surface area contributed by atoms with Crippen LogP contribution in [0.15, 0.2) is 36.7 Å². The predicted octanol–water partition coefficient (Wildman–Crippen LogP) is 3.37. The van der Waals surface area contributed by atoms with Gasteiger partial charge >= 0.3 is 0 Å². The summed E-state index contributed by atoms with van der Waals surface area (Å²) in [6.45, 7) is 6.67. The van der Waals surface area contributed by atoms with Crippen LogP contribution < -0.4 is 0 Å². The predicted molar refractivity (Wildman–Crippen MR) is 62.7 cm³/mol. The minimum atomic E-state index is 0.194. The van der Waals surface area contributed by atoms with E-state index in [0.29, 0.717) is 0 Å². The zero-order chi connectivity index (χ0) is 10.9. The highest BCUT2D eigenvalue weighted by molar-refractivity contribution is 5.62. The second-order valence-electron chi connectivity index (χ2n) is 4.82. The Hall–Kier alpha value is -1.57. The van der Waals surface area contributed by atoms with Crippen molar-refractivity contribution < 1.29 is 0 Å². The van der Waals surface area contributed by atoms with E-state index in [2.05, 4.69) is 55.2 Å². The summed E-state index contributed by atoms with van der Waals surface area (Å²) in [4.78, 5) is 0. The van der Waals surface area contributed by atoms with Crippen LogP contribution in [0.3, 0.4) is 0 Å². The molecular weight excluding hydrogens is 184 g/mol. The summed E-state index contributed by atoms with van der Waals surface area (Å²) in [5, 5.41) is 6.80. The minimum Gasteiger partial charge on any atom is -0.285 e. The fraction of sp³-hybridized carbons (Fsp3) is 0.308. The van der Waals surface area contributed by atoms with Crippen LogP contribution in [0.4, 0.5) is 0 Å². The number of hydrogen-bond donors (Lipinski definition) is 1. The number of hydrogen-bond acceptors (Lipinski definition) is 1. The smallest absolute Gasteiger partial charge is 0.0565 e. The molecule has 0 atom stereocenters. The Bertz CT molecular complexity index is 436. The van der Waals surface area contributed by atoms with Gasteiger partial charge in [-0.2, -0.15) is 5.10 Å². The number of nitrogens with zero attached hydrogens (tertiary/aromatic N) is 1. The van der Waals surface area contributed by atoms with Gasteiger partial charge in [0.1, 0.15) is 0 Å². The Morgan fingerprint density at radius 2 is 1.93 bits per heavy atom. The van der Waals surface area contributed by atoms with Crippen molar-refractivity contribution in [1.29, 1.82) is 0 Å². The Balaban J connectivity index is 2.44.